The topological polar surface area (TPSA) is 59.5 Å². The fourth-order valence-electron chi connectivity index (χ4n) is 1.85. The largest absolute Gasteiger partial charge is 0.441 e. The Balaban J connectivity index is 2.03. The Bertz CT molecular complexity index is 392. The van der Waals surface area contributed by atoms with E-state index in [9.17, 15) is 10.1 Å². The first-order valence-electron chi connectivity index (χ1n) is 5.42. The molecule has 0 spiro atoms. The molecule has 1 saturated heterocycles. The maximum Gasteiger partial charge on any atom is 0.238 e. The van der Waals surface area contributed by atoms with Crippen LogP contribution in [-0.4, -0.2) is 18.0 Å². The molecule has 1 fully saturated rings. The molecule has 0 bridgehead atoms. The summed E-state index contributed by atoms with van der Waals surface area (Å²) in [5.74, 6) is 1.33. The zero-order chi connectivity index (χ0) is 11.4. The average molecular weight is 222 g/mol. The number of anilines is 1. The van der Waals surface area contributed by atoms with E-state index in [-0.39, 0.29) is 0 Å². The minimum Gasteiger partial charge on any atom is -0.441 e. The van der Waals surface area contributed by atoms with Gasteiger partial charge in [-0.3, -0.25) is 10.1 Å². The highest BCUT2D eigenvalue weighted by Gasteiger charge is 2.13. The molecular weight excluding hydrogens is 208 g/mol. The predicted octanol–water partition coefficient (Wildman–Crippen LogP) is 2.52. The third-order valence-electron chi connectivity index (χ3n) is 2.64. The summed E-state index contributed by atoms with van der Waals surface area (Å²) in [6.07, 6.45) is 5.89. The number of furan rings is 1. The minimum atomic E-state index is -0.497. The second-order valence-electron chi connectivity index (χ2n) is 3.82. The van der Waals surface area contributed by atoms with Crippen molar-refractivity contribution in [3.63, 3.8) is 0 Å². The number of hydrogen-bond acceptors (Lipinski definition) is 4. The fraction of sp³-hybridized carbons (Fsp3) is 0.455. The molecular formula is C11H14N2O3. The number of nitro groups is 1. The van der Waals surface area contributed by atoms with Gasteiger partial charge in [0.25, 0.3) is 0 Å². The molecule has 0 aliphatic carbocycles. The summed E-state index contributed by atoms with van der Waals surface area (Å²) in [4.78, 5) is 11.8. The lowest BCUT2D eigenvalue weighted by Crippen LogP contribution is -2.28. The number of hydrogen-bond donors (Lipinski definition) is 0. The lowest BCUT2D eigenvalue weighted by molar-refractivity contribution is -0.401. The molecule has 0 aromatic carbocycles. The molecule has 0 unspecified atom stereocenters. The molecule has 0 atom stereocenters. The smallest absolute Gasteiger partial charge is 0.238 e. The lowest BCUT2D eigenvalue weighted by Gasteiger charge is -2.25. The van der Waals surface area contributed by atoms with Gasteiger partial charge in [0.15, 0.2) is 5.88 Å². The van der Waals surface area contributed by atoms with Gasteiger partial charge in [-0.25, -0.2) is 0 Å². The number of rotatable bonds is 3. The highest BCUT2D eigenvalue weighted by atomic mass is 16.6. The van der Waals surface area contributed by atoms with Crippen molar-refractivity contribution in [2.24, 2.45) is 0 Å². The van der Waals surface area contributed by atoms with Gasteiger partial charge in [0.05, 0.1) is 11.0 Å². The standard InChI is InChI=1S/C11H14N2O3/c14-13(15)9-6-10-4-5-11(16-10)12-7-2-1-3-8-12/h4-6,9H,1-3,7-8H2. The van der Waals surface area contributed by atoms with E-state index in [1.807, 2.05) is 6.07 Å². The second kappa shape index (κ2) is 4.83. The van der Waals surface area contributed by atoms with Crippen molar-refractivity contribution in [1.29, 1.82) is 0 Å². The predicted molar refractivity (Wildman–Crippen MR) is 60.8 cm³/mol. The molecule has 0 N–H and O–H groups in total. The molecule has 0 amide bonds. The molecule has 1 aliphatic heterocycles. The summed E-state index contributed by atoms with van der Waals surface area (Å²) in [6, 6.07) is 3.62. The zero-order valence-electron chi connectivity index (χ0n) is 8.96. The summed E-state index contributed by atoms with van der Waals surface area (Å²) in [6.45, 7) is 2.01. The Morgan fingerprint density at radius 2 is 2.06 bits per heavy atom. The molecule has 1 aromatic rings. The van der Waals surface area contributed by atoms with E-state index in [0.29, 0.717) is 5.76 Å². The van der Waals surface area contributed by atoms with E-state index in [1.165, 1.54) is 25.3 Å². The normalized spacial score (nSPS) is 16.9. The molecule has 5 nitrogen and oxygen atoms in total. The first kappa shape index (κ1) is 10.7. The third-order valence-corrected chi connectivity index (χ3v) is 2.64. The van der Waals surface area contributed by atoms with Crippen molar-refractivity contribution >= 4 is 12.0 Å². The van der Waals surface area contributed by atoms with Gasteiger partial charge in [-0.1, -0.05) is 0 Å². The maximum absolute atomic E-state index is 10.1. The van der Waals surface area contributed by atoms with Gasteiger partial charge in [0.1, 0.15) is 5.76 Å². The van der Waals surface area contributed by atoms with Crippen LogP contribution in [0.2, 0.25) is 0 Å². The van der Waals surface area contributed by atoms with Crippen LogP contribution in [0.25, 0.3) is 6.08 Å². The van der Waals surface area contributed by atoms with Crippen molar-refractivity contribution < 1.29 is 9.34 Å². The maximum atomic E-state index is 10.1. The molecule has 2 heterocycles. The van der Waals surface area contributed by atoms with Crippen molar-refractivity contribution in [1.82, 2.24) is 0 Å². The molecule has 86 valence electrons. The summed E-state index contributed by atoms with van der Waals surface area (Å²) >= 11 is 0. The van der Waals surface area contributed by atoms with Crippen LogP contribution in [0, 0.1) is 10.1 Å². The van der Waals surface area contributed by atoms with Crippen molar-refractivity contribution in [3.05, 3.63) is 34.2 Å². The van der Waals surface area contributed by atoms with Crippen LogP contribution in [0.5, 0.6) is 0 Å². The first-order valence-corrected chi connectivity index (χ1v) is 5.42. The fourth-order valence-corrected chi connectivity index (χ4v) is 1.85. The van der Waals surface area contributed by atoms with E-state index in [0.717, 1.165) is 25.2 Å². The van der Waals surface area contributed by atoms with Crippen molar-refractivity contribution in [2.45, 2.75) is 19.3 Å². The molecule has 0 saturated carbocycles. The minimum absolute atomic E-state index is 0.497. The molecule has 1 aromatic heterocycles. The van der Waals surface area contributed by atoms with Gasteiger partial charge in [0, 0.05) is 19.2 Å². The van der Waals surface area contributed by atoms with Gasteiger partial charge in [-0.15, -0.1) is 0 Å². The SMILES string of the molecule is O=[N+]([O-])C=Cc1ccc(N2CCCCC2)o1. The van der Waals surface area contributed by atoms with E-state index in [2.05, 4.69) is 4.90 Å². The van der Waals surface area contributed by atoms with Crippen molar-refractivity contribution in [2.75, 3.05) is 18.0 Å². The summed E-state index contributed by atoms with van der Waals surface area (Å²) < 4.78 is 5.51. The Hall–Kier alpha value is -1.78. The van der Waals surface area contributed by atoms with Gasteiger partial charge in [-0.05, 0) is 25.3 Å². The van der Waals surface area contributed by atoms with Gasteiger partial charge in [-0.2, -0.15) is 0 Å². The van der Waals surface area contributed by atoms with E-state index in [4.69, 9.17) is 4.42 Å². The molecule has 16 heavy (non-hydrogen) atoms. The van der Waals surface area contributed by atoms with E-state index < -0.39 is 4.92 Å². The Kier molecular flexibility index (Phi) is 3.24. The number of nitrogens with zero attached hydrogens (tertiary/aromatic N) is 2. The van der Waals surface area contributed by atoms with Crippen LogP contribution >= 0.6 is 0 Å². The Morgan fingerprint density at radius 1 is 1.31 bits per heavy atom. The summed E-state index contributed by atoms with van der Waals surface area (Å²) in [5.41, 5.74) is 0. The van der Waals surface area contributed by atoms with Crippen LogP contribution in [-0.2, 0) is 0 Å². The van der Waals surface area contributed by atoms with E-state index >= 15 is 0 Å². The highest BCUT2D eigenvalue weighted by molar-refractivity contribution is 5.47. The molecule has 0 radical (unpaired) electrons. The summed E-state index contributed by atoms with van der Waals surface area (Å²) in [5, 5.41) is 10.1. The van der Waals surface area contributed by atoms with Crippen LogP contribution in [0.1, 0.15) is 25.0 Å². The molecule has 5 heteroatoms. The van der Waals surface area contributed by atoms with Crippen LogP contribution in [0.3, 0.4) is 0 Å². The van der Waals surface area contributed by atoms with Crippen LogP contribution in [0.4, 0.5) is 5.88 Å². The third kappa shape index (κ3) is 2.62. The van der Waals surface area contributed by atoms with Crippen LogP contribution in [0.15, 0.2) is 22.7 Å². The monoisotopic (exact) mass is 222 g/mol. The highest BCUT2D eigenvalue weighted by Crippen LogP contribution is 2.22. The van der Waals surface area contributed by atoms with Crippen molar-refractivity contribution in [3.8, 4) is 0 Å². The van der Waals surface area contributed by atoms with Crippen LogP contribution < -0.4 is 4.90 Å². The molecule has 1 aliphatic rings. The van der Waals surface area contributed by atoms with Gasteiger partial charge in [0.2, 0.25) is 6.20 Å². The van der Waals surface area contributed by atoms with E-state index in [1.54, 1.807) is 6.07 Å². The Morgan fingerprint density at radius 3 is 2.75 bits per heavy atom. The average Bonchev–Trinajstić information content (AvgIpc) is 2.76. The Labute approximate surface area is 93.5 Å². The zero-order valence-corrected chi connectivity index (χ0v) is 8.96. The van der Waals surface area contributed by atoms with Gasteiger partial charge < -0.3 is 9.32 Å². The lowest BCUT2D eigenvalue weighted by atomic mass is 10.1. The first-order chi connectivity index (χ1) is 7.75. The number of piperidine rings is 1. The molecule has 2 rings (SSSR count). The summed E-state index contributed by atoms with van der Waals surface area (Å²) in [7, 11) is 0. The van der Waals surface area contributed by atoms with Gasteiger partial charge >= 0.3 is 0 Å². The quantitative estimate of drug-likeness (QED) is 0.582. The second-order valence-corrected chi connectivity index (χ2v) is 3.82.